The van der Waals surface area contributed by atoms with E-state index in [9.17, 15) is 9.59 Å². The zero-order chi connectivity index (χ0) is 23.4. The number of hydrogen-bond acceptors (Lipinski definition) is 5. The van der Waals surface area contributed by atoms with Crippen LogP contribution in [-0.4, -0.2) is 76.4 Å². The molecule has 2 amide bonds. The maximum Gasteiger partial charge on any atom is 0.257 e. The Hall–Kier alpha value is -2.87. The number of para-hydroxylation sites is 1. The van der Waals surface area contributed by atoms with Gasteiger partial charge in [0.2, 0.25) is 0 Å². The third kappa shape index (κ3) is 4.90. The Labute approximate surface area is 195 Å². The van der Waals surface area contributed by atoms with Crippen LogP contribution in [0.25, 0.3) is 0 Å². The quantitative estimate of drug-likeness (QED) is 0.697. The molecular formula is C25H34N4O4. The molecule has 1 spiro atoms. The van der Waals surface area contributed by atoms with Crippen molar-refractivity contribution < 1.29 is 19.1 Å². The number of fused-ring (bicyclic) bond motifs is 1. The molecule has 33 heavy (non-hydrogen) atoms. The van der Waals surface area contributed by atoms with Crippen LogP contribution in [0.2, 0.25) is 0 Å². The van der Waals surface area contributed by atoms with Crippen molar-refractivity contribution in [3.63, 3.8) is 0 Å². The lowest BCUT2D eigenvalue weighted by atomic mass is 9.90. The van der Waals surface area contributed by atoms with Crippen LogP contribution in [-0.2, 0) is 23.0 Å². The SMILES string of the molecule is CCN1CCOc2ccccc2CCCCC2(CN(C(=O)c3cn(C)nc3C)CCO2)C1=O. The number of morpholine rings is 1. The smallest absolute Gasteiger partial charge is 0.257 e. The van der Waals surface area contributed by atoms with Gasteiger partial charge in [-0.3, -0.25) is 14.3 Å². The molecule has 178 valence electrons. The Balaban J connectivity index is 1.57. The van der Waals surface area contributed by atoms with E-state index in [0.717, 1.165) is 25.0 Å². The Morgan fingerprint density at radius 1 is 1.18 bits per heavy atom. The number of rotatable bonds is 2. The molecule has 0 N–H and O–H groups in total. The monoisotopic (exact) mass is 454 g/mol. The second-order valence-corrected chi connectivity index (χ2v) is 8.92. The molecule has 4 rings (SSSR count). The topological polar surface area (TPSA) is 76.9 Å². The number of carbonyl (C=O) groups is 2. The van der Waals surface area contributed by atoms with Crippen LogP contribution < -0.4 is 4.74 Å². The second kappa shape index (κ2) is 9.95. The summed E-state index contributed by atoms with van der Waals surface area (Å²) in [6.45, 7) is 6.32. The van der Waals surface area contributed by atoms with Gasteiger partial charge in [0, 0.05) is 26.3 Å². The van der Waals surface area contributed by atoms with Crippen molar-refractivity contribution in [1.29, 1.82) is 0 Å². The summed E-state index contributed by atoms with van der Waals surface area (Å²) < 4.78 is 13.9. The molecule has 1 saturated heterocycles. The van der Waals surface area contributed by atoms with Crippen LogP contribution in [0, 0.1) is 6.92 Å². The Bertz CT molecular complexity index is 1000. The molecule has 2 aliphatic heterocycles. The van der Waals surface area contributed by atoms with E-state index in [1.807, 2.05) is 32.0 Å². The molecule has 0 radical (unpaired) electrons. The van der Waals surface area contributed by atoms with Crippen LogP contribution in [0.5, 0.6) is 5.75 Å². The molecule has 1 aromatic carbocycles. The number of ether oxygens (including phenoxy) is 2. The molecule has 8 heteroatoms. The molecule has 0 aliphatic carbocycles. The number of nitrogens with zero attached hydrogens (tertiary/aromatic N) is 4. The van der Waals surface area contributed by atoms with Gasteiger partial charge in [0.05, 0.1) is 31.0 Å². The number of amides is 2. The van der Waals surface area contributed by atoms with Crippen molar-refractivity contribution >= 4 is 11.8 Å². The predicted molar refractivity (Wildman–Crippen MR) is 124 cm³/mol. The summed E-state index contributed by atoms with van der Waals surface area (Å²) >= 11 is 0. The van der Waals surface area contributed by atoms with E-state index in [-0.39, 0.29) is 18.4 Å². The van der Waals surface area contributed by atoms with Crippen molar-refractivity contribution in [3.8, 4) is 5.75 Å². The zero-order valence-corrected chi connectivity index (χ0v) is 19.9. The summed E-state index contributed by atoms with van der Waals surface area (Å²) in [4.78, 5) is 30.6. The molecule has 0 bridgehead atoms. The highest BCUT2D eigenvalue weighted by molar-refractivity contribution is 5.96. The average Bonchev–Trinajstić information content (AvgIpc) is 3.16. The van der Waals surface area contributed by atoms with Gasteiger partial charge < -0.3 is 19.3 Å². The van der Waals surface area contributed by atoms with Gasteiger partial charge in [0.15, 0.2) is 5.60 Å². The molecule has 1 aromatic heterocycles. The van der Waals surface area contributed by atoms with Crippen molar-refractivity contribution in [2.45, 2.75) is 45.1 Å². The van der Waals surface area contributed by atoms with Gasteiger partial charge in [-0.2, -0.15) is 5.10 Å². The van der Waals surface area contributed by atoms with Crippen molar-refractivity contribution in [2.75, 3.05) is 39.4 Å². The summed E-state index contributed by atoms with van der Waals surface area (Å²) in [5, 5.41) is 4.31. The molecular weight excluding hydrogens is 420 g/mol. The van der Waals surface area contributed by atoms with Gasteiger partial charge in [-0.05, 0) is 51.2 Å². The highest BCUT2D eigenvalue weighted by Gasteiger charge is 2.46. The van der Waals surface area contributed by atoms with Crippen LogP contribution >= 0.6 is 0 Å². The van der Waals surface area contributed by atoms with Crippen LogP contribution in [0.1, 0.15) is 47.8 Å². The number of benzene rings is 1. The first-order valence-corrected chi connectivity index (χ1v) is 11.9. The fourth-order valence-electron chi connectivity index (χ4n) is 4.86. The lowest BCUT2D eigenvalue weighted by molar-refractivity contribution is -0.170. The maximum absolute atomic E-state index is 13.8. The van der Waals surface area contributed by atoms with E-state index in [4.69, 9.17) is 9.47 Å². The first kappa shape index (κ1) is 23.3. The minimum atomic E-state index is -1.03. The minimum absolute atomic E-state index is 0.0529. The standard InChI is InChI=1S/C25H34N4O4/c1-4-28-13-15-32-22-11-6-5-9-20(22)10-7-8-12-25(24(28)31)18-29(14-16-33-25)23(30)21-17-27(3)26-19(21)2/h5-6,9,11,17H,4,7-8,10,12-16,18H2,1-3H3. The van der Waals surface area contributed by atoms with Gasteiger partial charge in [-0.1, -0.05) is 18.2 Å². The van der Waals surface area contributed by atoms with E-state index in [1.165, 1.54) is 5.56 Å². The summed E-state index contributed by atoms with van der Waals surface area (Å²) in [6.07, 6.45) is 4.96. The molecule has 2 aromatic rings. The minimum Gasteiger partial charge on any atom is -0.491 e. The summed E-state index contributed by atoms with van der Waals surface area (Å²) in [5.41, 5.74) is 1.43. The third-order valence-electron chi connectivity index (χ3n) is 6.64. The van der Waals surface area contributed by atoms with Crippen molar-refractivity contribution in [3.05, 3.63) is 47.3 Å². The predicted octanol–water partition coefficient (Wildman–Crippen LogP) is 2.59. The Morgan fingerprint density at radius 3 is 2.76 bits per heavy atom. The lowest BCUT2D eigenvalue weighted by Gasteiger charge is -2.44. The summed E-state index contributed by atoms with van der Waals surface area (Å²) in [6, 6.07) is 8.11. The van der Waals surface area contributed by atoms with Gasteiger partial charge in [-0.25, -0.2) is 0 Å². The van der Waals surface area contributed by atoms with E-state index in [1.54, 1.807) is 27.7 Å². The molecule has 1 atom stereocenters. The summed E-state index contributed by atoms with van der Waals surface area (Å²) in [5.74, 6) is 0.749. The zero-order valence-electron chi connectivity index (χ0n) is 19.9. The van der Waals surface area contributed by atoms with E-state index in [0.29, 0.717) is 50.5 Å². The number of aryl methyl sites for hydroxylation is 3. The second-order valence-electron chi connectivity index (χ2n) is 8.92. The lowest BCUT2D eigenvalue weighted by Crippen LogP contribution is -2.62. The number of hydrogen-bond donors (Lipinski definition) is 0. The van der Waals surface area contributed by atoms with Gasteiger partial charge in [0.25, 0.3) is 11.8 Å². The summed E-state index contributed by atoms with van der Waals surface area (Å²) in [7, 11) is 1.81. The largest absolute Gasteiger partial charge is 0.491 e. The van der Waals surface area contributed by atoms with E-state index < -0.39 is 5.60 Å². The number of carbonyl (C=O) groups excluding carboxylic acids is 2. The molecule has 0 saturated carbocycles. The number of likely N-dealkylation sites (N-methyl/N-ethyl adjacent to an activating group) is 1. The molecule has 3 heterocycles. The van der Waals surface area contributed by atoms with E-state index in [2.05, 4.69) is 11.2 Å². The maximum atomic E-state index is 13.8. The first-order chi connectivity index (χ1) is 15.9. The Kier molecular flexibility index (Phi) is 7.02. The first-order valence-electron chi connectivity index (χ1n) is 11.9. The molecule has 8 nitrogen and oxygen atoms in total. The fourth-order valence-corrected chi connectivity index (χ4v) is 4.86. The highest BCUT2D eigenvalue weighted by Crippen LogP contribution is 2.30. The van der Waals surface area contributed by atoms with Crippen molar-refractivity contribution in [1.82, 2.24) is 19.6 Å². The van der Waals surface area contributed by atoms with Crippen LogP contribution in [0.3, 0.4) is 0 Å². The number of aromatic nitrogens is 2. The van der Waals surface area contributed by atoms with Crippen LogP contribution in [0.4, 0.5) is 0 Å². The van der Waals surface area contributed by atoms with Gasteiger partial charge in [0.1, 0.15) is 12.4 Å². The average molecular weight is 455 g/mol. The van der Waals surface area contributed by atoms with Gasteiger partial charge in [-0.15, -0.1) is 0 Å². The molecule has 2 aliphatic rings. The van der Waals surface area contributed by atoms with E-state index >= 15 is 0 Å². The normalized spacial score (nSPS) is 22.3. The fraction of sp³-hybridized carbons (Fsp3) is 0.560. The van der Waals surface area contributed by atoms with Crippen molar-refractivity contribution in [2.24, 2.45) is 7.05 Å². The Morgan fingerprint density at radius 2 is 2.00 bits per heavy atom. The van der Waals surface area contributed by atoms with Gasteiger partial charge >= 0.3 is 0 Å². The molecule has 1 unspecified atom stereocenters. The van der Waals surface area contributed by atoms with Crippen LogP contribution in [0.15, 0.2) is 30.5 Å². The molecule has 1 fully saturated rings. The third-order valence-corrected chi connectivity index (χ3v) is 6.64. The highest BCUT2D eigenvalue weighted by atomic mass is 16.5.